The number of nitrogens with one attached hydrogen (secondary N) is 1. The third-order valence-electron chi connectivity index (χ3n) is 3.16. The molecule has 0 radical (unpaired) electrons. The number of aromatic nitrogens is 2. The van der Waals surface area contributed by atoms with E-state index in [-0.39, 0.29) is 11.8 Å². The highest BCUT2D eigenvalue weighted by molar-refractivity contribution is 5.30. The Morgan fingerprint density at radius 1 is 1.29 bits per heavy atom. The molecule has 4 nitrogen and oxygen atoms in total. The van der Waals surface area contributed by atoms with Crippen molar-refractivity contribution in [2.75, 3.05) is 6.54 Å². The fourth-order valence-electron chi connectivity index (χ4n) is 2.25. The Morgan fingerprint density at radius 2 is 2.00 bits per heavy atom. The molecule has 6 heteroatoms. The summed E-state index contributed by atoms with van der Waals surface area (Å²) in [6, 6.07) is 6.85. The van der Waals surface area contributed by atoms with Crippen LogP contribution in [0.5, 0.6) is 5.75 Å². The lowest BCUT2D eigenvalue weighted by atomic mass is 10.0. The van der Waals surface area contributed by atoms with E-state index in [1.54, 1.807) is 28.9 Å². The standard InChI is InChI=1S/C15H19F2N3O/c1-3-18-14(8-11-9-19-20(2)10-11)12-4-6-13(7-5-12)21-15(16)17/h4-7,9-10,14-15,18H,3,8H2,1-2H3. The van der Waals surface area contributed by atoms with Crippen molar-refractivity contribution in [2.24, 2.45) is 7.05 Å². The van der Waals surface area contributed by atoms with Crippen LogP contribution >= 0.6 is 0 Å². The summed E-state index contributed by atoms with van der Waals surface area (Å²) in [7, 11) is 1.88. The van der Waals surface area contributed by atoms with Crippen molar-refractivity contribution in [1.29, 1.82) is 0 Å². The minimum atomic E-state index is -2.80. The van der Waals surface area contributed by atoms with Gasteiger partial charge in [-0.3, -0.25) is 4.68 Å². The van der Waals surface area contributed by atoms with Crippen molar-refractivity contribution >= 4 is 0 Å². The highest BCUT2D eigenvalue weighted by Gasteiger charge is 2.13. The van der Waals surface area contributed by atoms with Crippen molar-refractivity contribution < 1.29 is 13.5 Å². The summed E-state index contributed by atoms with van der Waals surface area (Å²) in [5.41, 5.74) is 2.15. The third kappa shape index (κ3) is 4.53. The Bertz CT molecular complexity index is 554. The lowest BCUT2D eigenvalue weighted by molar-refractivity contribution is -0.0498. The molecule has 21 heavy (non-hydrogen) atoms. The molecule has 1 N–H and O–H groups in total. The van der Waals surface area contributed by atoms with E-state index >= 15 is 0 Å². The minimum Gasteiger partial charge on any atom is -0.435 e. The van der Waals surface area contributed by atoms with Gasteiger partial charge in [-0.1, -0.05) is 19.1 Å². The van der Waals surface area contributed by atoms with Crippen molar-refractivity contribution in [2.45, 2.75) is 26.0 Å². The van der Waals surface area contributed by atoms with Gasteiger partial charge in [-0.25, -0.2) is 0 Å². The number of hydrogen-bond acceptors (Lipinski definition) is 3. The molecule has 0 aliphatic heterocycles. The van der Waals surface area contributed by atoms with Crippen LogP contribution in [0.2, 0.25) is 0 Å². The van der Waals surface area contributed by atoms with Crippen LogP contribution in [0.3, 0.4) is 0 Å². The van der Waals surface area contributed by atoms with E-state index in [2.05, 4.69) is 15.2 Å². The second-order valence-electron chi connectivity index (χ2n) is 4.78. The minimum absolute atomic E-state index is 0.111. The van der Waals surface area contributed by atoms with Gasteiger partial charge in [0.25, 0.3) is 0 Å². The Morgan fingerprint density at radius 3 is 2.52 bits per heavy atom. The monoisotopic (exact) mass is 295 g/mol. The zero-order valence-electron chi connectivity index (χ0n) is 12.1. The van der Waals surface area contributed by atoms with Gasteiger partial charge in [-0.2, -0.15) is 13.9 Å². The maximum Gasteiger partial charge on any atom is 0.387 e. The van der Waals surface area contributed by atoms with Crippen molar-refractivity contribution in [3.05, 3.63) is 47.8 Å². The van der Waals surface area contributed by atoms with Crippen LogP contribution < -0.4 is 10.1 Å². The average Bonchev–Trinajstić information content (AvgIpc) is 2.84. The first-order valence-electron chi connectivity index (χ1n) is 6.84. The number of ether oxygens (including phenoxy) is 1. The predicted octanol–water partition coefficient (Wildman–Crippen LogP) is 2.91. The molecule has 0 aliphatic carbocycles. The zero-order chi connectivity index (χ0) is 15.2. The third-order valence-corrected chi connectivity index (χ3v) is 3.16. The van der Waals surface area contributed by atoms with Crippen LogP contribution in [0.25, 0.3) is 0 Å². The van der Waals surface area contributed by atoms with E-state index in [4.69, 9.17) is 0 Å². The van der Waals surface area contributed by atoms with Gasteiger partial charge in [-0.15, -0.1) is 0 Å². The summed E-state index contributed by atoms with van der Waals surface area (Å²) in [6.45, 7) is 0.0564. The molecule has 1 aromatic carbocycles. The number of rotatable bonds is 7. The van der Waals surface area contributed by atoms with Crippen molar-refractivity contribution in [1.82, 2.24) is 15.1 Å². The van der Waals surface area contributed by atoms with Gasteiger partial charge in [0.15, 0.2) is 0 Å². The molecule has 2 rings (SSSR count). The van der Waals surface area contributed by atoms with Crippen LogP contribution in [0.4, 0.5) is 8.78 Å². The first-order valence-corrected chi connectivity index (χ1v) is 6.84. The molecular weight excluding hydrogens is 276 g/mol. The molecule has 114 valence electrons. The van der Waals surface area contributed by atoms with Gasteiger partial charge in [0.1, 0.15) is 5.75 Å². The SMILES string of the molecule is CCNC(Cc1cnn(C)c1)c1ccc(OC(F)F)cc1. The molecule has 0 fully saturated rings. The summed E-state index contributed by atoms with van der Waals surface area (Å²) in [5.74, 6) is 0.172. The molecule has 0 saturated heterocycles. The first kappa shape index (κ1) is 15.4. The predicted molar refractivity (Wildman–Crippen MR) is 76.4 cm³/mol. The average molecular weight is 295 g/mol. The lowest BCUT2D eigenvalue weighted by Crippen LogP contribution is -2.22. The van der Waals surface area contributed by atoms with E-state index in [1.807, 2.05) is 26.4 Å². The highest BCUT2D eigenvalue weighted by Crippen LogP contribution is 2.22. The Kier molecular flexibility index (Phi) is 5.27. The lowest BCUT2D eigenvalue weighted by Gasteiger charge is -2.18. The van der Waals surface area contributed by atoms with Gasteiger partial charge < -0.3 is 10.1 Å². The van der Waals surface area contributed by atoms with Crippen LogP contribution in [0.1, 0.15) is 24.1 Å². The van der Waals surface area contributed by atoms with E-state index in [1.165, 1.54) is 0 Å². The number of nitrogens with zero attached hydrogens (tertiary/aromatic N) is 2. The van der Waals surface area contributed by atoms with Gasteiger partial charge in [0.05, 0.1) is 6.20 Å². The van der Waals surface area contributed by atoms with Gasteiger partial charge in [0.2, 0.25) is 0 Å². The molecule has 0 amide bonds. The van der Waals surface area contributed by atoms with Gasteiger partial charge >= 0.3 is 6.61 Å². The second-order valence-corrected chi connectivity index (χ2v) is 4.78. The molecule has 1 heterocycles. The zero-order valence-corrected chi connectivity index (χ0v) is 12.1. The van der Waals surface area contributed by atoms with E-state index < -0.39 is 6.61 Å². The summed E-state index contributed by atoms with van der Waals surface area (Å²) in [5, 5.41) is 7.55. The quantitative estimate of drug-likeness (QED) is 0.853. The normalized spacial score (nSPS) is 12.6. The number of benzene rings is 1. The molecule has 0 aliphatic rings. The number of likely N-dealkylation sites (N-methyl/N-ethyl adjacent to an activating group) is 1. The largest absolute Gasteiger partial charge is 0.435 e. The molecule has 1 atom stereocenters. The molecule has 0 saturated carbocycles. The fourth-order valence-corrected chi connectivity index (χ4v) is 2.25. The number of alkyl halides is 2. The van der Waals surface area contributed by atoms with E-state index in [9.17, 15) is 8.78 Å². The fraction of sp³-hybridized carbons (Fsp3) is 0.400. The number of halogens is 2. The highest BCUT2D eigenvalue weighted by atomic mass is 19.3. The molecule has 1 aromatic heterocycles. The van der Waals surface area contributed by atoms with Gasteiger partial charge in [-0.05, 0) is 36.2 Å². The molecule has 0 spiro atoms. The molecular formula is C15H19F2N3O. The topological polar surface area (TPSA) is 39.1 Å². The molecule has 1 unspecified atom stereocenters. The van der Waals surface area contributed by atoms with Crippen molar-refractivity contribution in [3.63, 3.8) is 0 Å². The van der Waals surface area contributed by atoms with E-state index in [0.29, 0.717) is 0 Å². The van der Waals surface area contributed by atoms with Gasteiger partial charge in [0, 0.05) is 19.3 Å². The summed E-state index contributed by atoms with van der Waals surface area (Å²) >= 11 is 0. The molecule has 2 aromatic rings. The summed E-state index contributed by atoms with van der Waals surface area (Å²) < 4.78 is 30.4. The summed E-state index contributed by atoms with van der Waals surface area (Å²) in [4.78, 5) is 0. The Labute approximate surface area is 122 Å². The Hall–Kier alpha value is -1.95. The second kappa shape index (κ2) is 7.17. The van der Waals surface area contributed by atoms with Crippen LogP contribution in [0, 0.1) is 0 Å². The maximum absolute atomic E-state index is 12.1. The summed E-state index contributed by atoms with van der Waals surface area (Å²) in [6.07, 6.45) is 4.59. The first-order chi connectivity index (χ1) is 10.1. The van der Waals surface area contributed by atoms with Crippen LogP contribution in [-0.4, -0.2) is 22.9 Å². The Balaban J connectivity index is 2.10. The molecule has 0 bridgehead atoms. The number of hydrogen-bond donors (Lipinski definition) is 1. The van der Waals surface area contributed by atoms with Crippen LogP contribution in [-0.2, 0) is 13.5 Å². The maximum atomic E-state index is 12.1. The number of aryl methyl sites for hydroxylation is 1. The smallest absolute Gasteiger partial charge is 0.387 e. The van der Waals surface area contributed by atoms with E-state index in [0.717, 1.165) is 24.1 Å². The van der Waals surface area contributed by atoms with Crippen molar-refractivity contribution in [3.8, 4) is 5.75 Å². The van der Waals surface area contributed by atoms with Crippen LogP contribution in [0.15, 0.2) is 36.7 Å².